The Kier molecular flexibility index (Phi) is 10.6. The fraction of sp³-hybridized carbons (Fsp3) is 0.944. The second kappa shape index (κ2) is 12.0. The SMILES string of the molecule is CCCCCCCCCCCCCC1=NCCN1C(C)O. The Hall–Kier alpha value is -0.570. The van der Waals surface area contributed by atoms with E-state index in [1.807, 2.05) is 11.8 Å². The van der Waals surface area contributed by atoms with Gasteiger partial charge in [0.1, 0.15) is 12.1 Å². The Morgan fingerprint density at radius 3 is 2.00 bits per heavy atom. The molecule has 0 saturated carbocycles. The highest BCUT2D eigenvalue weighted by atomic mass is 16.3. The highest BCUT2D eigenvalue weighted by Crippen LogP contribution is 2.14. The van der Waals surface area contributed by atoms with Crippen LogP contribution >= 0.6 is 0 Å². The van der Waals surface area contributed by atoms with E-state index in [0.717, 1.165) is 25.3 Å². The van der Waals surface area contributed by atoms with Gasteiger partial charge >= 0.3 is 0 Å². The van der Waals surface area contributed by atoms with Gasteiger partial charge in [-0.25, -0.2) is 0 Å². The number of amidine groups is 1. The number of aliphatic hydroxyl groups excluding tert-OH is 1. The van der Waals surface area contributed by atoms with Gasteiger partial charge < -0.3 is 10.0 Å². The van der Waals surface area contributed by atoms with E-state index >= 15 is 0 Å². The first-order valence-electron chi connectivity index (χ1n) is 9.23. The molecule has 1 heterocycles. The maximum absolute atomic E-state index is 9.64. The molecule has 0 fully saturated rings. The van der Waals surface area contributed by atoms with Crippen molar-refractivity contribution in [3.63, 3.8) is 0 Å². The van der Waals surface area contributed by atoms with E-state index in [0.29, 0.717) is 0 Å². The summed E-state index contributed by atoms with van der Waals surface area (Å²) in [4.78, 5) is 6.54. The topological polar surface area (TPSA) is 35.8 Å². The number of hydrogen-bond acceptors (Lipinski definition) is 3. The van der Waals surface area contributed by atoms with Crippen molar-refractivity contribution in [2.24, 2.45) is 4.99 Å². The molecule has 0 saturated heterocycles. The van der Waals surface area contributed by atoms with Crippen LogP contribution in [0.5, 0.6) is 0 Å². The van der Waals surface area contributed by atoms with Crippen molar-refractivity contribution in [1.82, 2.24) is 4.90 Å². The highest BCUT2D eigenvalue weighted by Gasteiger charge is 2.19. The van der Waals surface area contributed by atoms with Crippen LogP contribution in [0.3, 0.4) is 0 Å². The Morgan fingerprint density at radius 1 is 0.952 bits per heavy atom. The van der Waals surface area contributed by atoms with Crippen molar-refractivity contribution in [1.29, 1.82) is 0 Å². The van der Waals surface area contributed by atoms with E-state index in [1.165, 1.54) is 70.6 Å². The van der Waals surface area contributed by atoms with Crippen LogP contribution < -0.4 is 0 Å². The van der Waals surface area contributed by atoms with Crippen molar-refractivity contribution >= 4 is 5.84 Å². The molecule has 0 aliphatic carbocycles. The molecule has 124 valence electrons. The quantitative estimate of drug-likeness (QED) is 0.498. The van der Waals surface area contributed by atoms with Crippen molar-refractivity contribution in [2.75, 3.05) is 13.1 Å². The first-order valence-corrected chi connectivity index (χ1v) is 9.23. The first-order chi connectivity index (χ1) is 10.3. The summed E-state index contributed by atoms with van der Waals surface area (Å²) in [5.41, 5.74) is 0. The lowest BCUT2D eigenvalue weighted by Gasteiger charge is -2.23. The Morgan fingerprint density at radius 2 is 1.48 bits per heavy atom. The number of aliphatic imine (C=N–C) groups is 1. The van der Waals surface area contributed by atoms with Crippen molar-refractivity contribution < 1.29 is 5.11 Å². The lowest BCUT2D eigenvalue weighted by Crippen LogP contribution is -2.35. The molecule has 3 heteroatoms. The van der Waals surface area contributed by atoms with Crippen LogP contribution in [0.2, 0.25) is 0 Å². The van der Waals surface area contributed by atoms with Crippen LogP contribution in [0.25, 0.3) is 0 Å². The van der Waals surface area contributed by atoms with Crippen molar-refractivity contribution in [3.8, 4) is 0 Å². The average Bonchev–Trinajstić information content (AvgIpc) is 2.93. The smallest absolute Gasteiger partial charge is 0.125 e. The molecule has 0 spiro atoms. The van der Waals surface area contributed by atoms with Gasteiger partial charge in [-0.1, -0.05) is 71.1 Å². The molecule has 1 unspecified atom stereocenters. The molecular formula is C18H36N2O. The molecule has 1 aliphatic heterocycles. The summed E-state index contributed by atoms with van der Waals surface area (Å²) in [6, 6.07) is 0. The highest BCUT2D eigenvalue weighted by molar-refractivity contribution is 5.83. The molecule has 0 aromatic rings. The monoisotopic (exact) mass is 296 g/mol. The van der Waals surface area contributed by atoms with Crippen molar-refractivity contribution in [2.45, 2.75) is 97.1 Å². The second-order valence-corrected chi connectivity index (χ2v) is 6.41. The van der Waals surface area contributed by atoms with E-state index in [9.17, 15) is 5.11 Å². The van der Waals surface area contributed by atoms with E-state index < -0.39 is 0 Å². The molecule has 0 bridgehead atoms. The summed E-state index contributed by atoms with van der Waals surface area (Å²) >= 11 is 0. The van der Waals surface area contributed by atoms with Crippen LogP contribution in [-0.4, -0.2) is 35.2 Å². The fourth-order valence-corrected chi connectivity index (χ4v) is 3.08. The predicted octanol–water partition coefficient (Wildman–Crippen LogP) is 4.74. The minimum atomic E-state index is -0.376. The minimum absolute atomic E-state index is 0.376. The largest absolute Gasteiger partial charge is 0.374 e. The van der Waals surface area contributed by atoms with E-state index in [2.05, 4.69) is 11.9 Å². The predicted molar refractivity (Wildman–Crippen MR) is 91.8 cm³/mol. The third kappa shape index (κ3) is 8.45. The van der Waals surface area contributed by atoms with Gasteiger partial charge in [0.25, 0.3) is 0 Å². The van der Waals surface area contributed by atoms with Gasteiger partial charge in [-0.15, -0.1) is 0 Å². The van der Waals surface area contributed by atoms with Gasteiger partial charge in [-0.3, -0.25) is 4.99 Å². The number of rotatable bonds is 13. The maximum atomic E-state index is 9.64. The molecule has 0 amide bonds. The molecule has 21 heavy (non-hydrogen) atoms. The van der Waals surface area contributed by atoms with Gasteiger partial charge in [0.2, 0.25) is 0 Å². The molecular weight excluding hydrogens is 260 g/mol. The zero-order valence-corrected chi connectivity index (χ0v) is 14.3. The lowest BCUT2D eigenvalue weighted by atomic mass is 10.1. The summed E-state index contributed by atoms with van der Waals surface area (Å²) in [5.74, 6) is 1.13. The second-order valence-electron chi connectivity index (χ2n) is 6.41. The fourth-order valence-electron chi connectivity index (χ4n) is 3.08. The molecule has 1 atom stereocenters. The summed E-state index contributed by atoms with van der Waals surface area (Å²) in [7, 11) is 0. The van der Waals surface area contributed by atoms with Crippen LogP contribution in [0, 0.1) is 0 Å². The standard InChI is InChI=1S/C18H36N2O/c1-3-4-5-6-7-8-9-10-11-12-13-14-18-19-15-16-20(18)17(2)21/h17,21H,3-16H2,1-2H3. The van der Waals surface area contributed by atoms with Gasteiger partial charge in [0.05, 0.1) is 6.54 Å². The third-order valence-corrected chi connectivity index (χ3v) is 4.42. The molecule has 0 aromatic carbocycles. The molecule has 1 rings (SSSR count). The molecule has 3 nitrogen and oxygen atoms in total. The number of unbranched alkanes of at least 4 members (excludes halogenated alkanes) is 10. The van der Waals surface area contributed by atoms with E-state index in [-0.39, 0.29) is 6.23 Å². The minimum Gasteiger partial charge on any atom is -0.374 e. The van der Waals surface area contributed by atoms with Gasteiger partial charge in [-0.2, -0.15) is 0 Å². The number of aliphatic hydroxyl groups is 1. The zero-order chi connectivity index (χ0) is 15.3. The number of hydrogen-bond donors (Lipinski definition) is 1. The normalized spacial score (nSPS) is 16.3. The first kappa shape index (κ1) is 18.5. The van der Waals surface area contributed by atoms with Crippen LogP contribution in [-0.2, 0) is 0 Å². The Bertz CT molecular complexity index is 276. The summed E-state index contributed by atoms with van der Waals surface area (Å²) < 4.78 is 0. The summed E-state index contributed by atoms with van der Waals surface area (Å²) in [6.45, 7) is 5.86. The van der Waals surface area contributed by atoms with E-state index in [1.54, 1.807) is 0 Å². The third-order valence-electron chi connectivity index (χ3n) is 4.42. The molecule has 1 N–H and O–H groups in total. The van der Waals surface area contributed by atoms with Crippen LogP contribution in [0.4, 0.5) is 0 Å². The maximum Gasteiger partial charge on any atom is 0.125 e. The van der Waals surface area contributed by atoms with Gasteiger partial charge in [-0.05, 0) is 13.3 Å². The Balaban J connectivity index is 1.87. The molecule has 0 aromatic heterocycles. The zero-order valence-electron chi connectivity index (χ0n) is 14.3. The van der Waals surface area contributed by atoms with E-state index in [4.69, 9.17) is 0 Å². The summed E-state index contributed by atoms with van der Waals surface area (Å²) in [5, 5.41) is 9.64. The Labute approximate surface area is 131 Å². The van der Waals surface area contributed by atoms with Crippen molar-refractivity contribution in [3.05, 3.63) is 0 Å². The van der Waals surface area contributed by atoms with Gasteiger partial charge in [0.15, 0.2) is 0 Å². The van der Waals surface area contributed by atoms with Gasteiger partial charge in [0, 0.05) is 13.0 Å². The summed E-state index contributed by atoms with van der Waals surface area (Å²) in [6.07, 6.45) is 15.8. The molecule has 1 aliphatic rings. The van der Waals surface area contributed by atoms with Crippen LogP contribution in [0.15, 0.2) is 4.99 Å². The van der Waals surface area contributed by atoms with Crippen LogP contribution in [0.1, 0.15) is 90.9 Å². The molecule has 0 radical (unpaired) electrons. The average molecular weight is 296 g/mol. The number of nitrogens with zero attached hydrogens (tertiary/aromatic N) is 2. The lowest BCUT2D eigenvalue weighted by molar-refractivity contribution is 0.0766.